The summed E-state index contributed by atoms with van der Waals surface area (Å²) in [5.74, 6) is -1.33. The lowest BCUT2D eigenvalue weighted by Gasteiger charge is -2.13. The number of carbonyl (C=O) groups is 2. The SMILES string of the molecule is CCCCC(NC(=O)Cc1csc(-c2ccc(Cl)s2)n1)C(=O)O. The van der Waals surface area contributed by atoms with Crippen molar-refractivity contribution < 1.29 is 14.7 Å². The fourth-order valence-corrected chi connectivity index (χ4v) is 3.94. The zero-order valence-electron chi connectivity index (χ0n) is 12.5. The van der Waals surface area contributed by atoms with E-state index >= 15 is 0 Å². The summed E-state index contributed by atoms with van der Waals surface area (Å²) >= 11 is 8.78. The van der Waals surface area contributed by atoms with Gasteiger partial charge in [-0.05, 0) is 18.6 Å². The molecule has 0 aliphatic rings. The molecule has 2 aromatic rings. The average molecular weight is 373 g/mol. The summed E-state index contributed by atoms with van der Waals surface area (Å²) in [5.41, 5.74) is 0.631. The first-order valence-electron chi connectivity index (χ1n) is 7.22. The van der Waals surface area contributed by atoms with Crippen LogP contribution >= 0.6 is 34.3 Å². The maximum absolute atomic E-state index is 12.0. The van der Waals surface area contributed by atoms with Crippen LogP contribution in [0.4, 0.5) is 0 Å². The Kier molecular flexibility index (Phi) is 6.56. The standard InChI is InChI=1S/C15H17ClN2O3S2/c1-2-3-4-10(15(20)21)18-13(19)7-9-8-22-14(17-9)11-5-6-12(16)23-11/h5-6,8,10H,2-4,7H2,1H3,(H,18,19)(H,20,21). The van der Waals surface area contributed by atoms with Gasteiger partial charge in [0.05, 0.1) is 21.3 Å². The van der Waals surface area contributed by atoms with Crippen LogP contribution in [-0.4, -0.2) is 28.0 Å². The highest BCUT2D eigenvalue weighted by Gasteiger charge is 2.20. The summed E-state index contributed by atoms with van der Waals surface area (Å²) in [6.07, 6.45) is 2.16. The van der Waals surface area contributed by atoms with Crippen LogP contribution in [-0.2, 0) is 16.0 Å². The van der Waals surface area contributed by atoms with Crippen molar-refractivity contribution >= 4 is 46.2 Å². The summed E-state index contributed by atoms with van der Waals surface area (Å²) in [7, 11) is 0. The first kappa shape index (κ1) is 17.9. The lowest BCUT2D eigenvalue weighted by atomic mass is 10.1. The zero-order chi connectivity index (χ0) is 16.8. The Bertz CT molecular complexity index is 684. The molecule has 0 saturated heterocycles. The van der Waals surface area contributed by atoms with E-state index in [-0.39, 0.29) is 12.3 Å². The number of rotatable bonds is 8. The molecule has 0 spiro atoms. The molecular formula is C15H17ClN2O3S2. The minimum Gasteiger partial charge on any atom is -0.480 e. The maximum atomic E-state index is 12.0. The van der Waals surface area contributed by atoms with Gasteiger partial charge in [0.25, 0.3) is 0 Å². The molecule has 2 N–H and O–H groups in total. The van der Waals surface area contributed by atoms with Gasteiger partial charge in [0.2, 0.25) is 5.91 Å². The second-order valence-electron chi connectivity index (χ2n) is 5.03. The summed E-state index contributed by atoms with van der Waals surface area (Å²) < 4.78 is 0.690. The first-order chi connectivity index (χ1) is 11.0. The molecule has 2 rings (SSSR count). The number of amides is 1. The van der Waals surface area contributed by atoms with Gasteiger partial charge in [-0.3, -0.25) is 4.79 Å². The Morgan fingerprint density at radius 2 is 2.22 bits per heavy atom. The molecule has 0 fully saturated rings. The highest BCUT2D eigenvalue weighted by molar-refractivity contribution is 7.23. The van der Waals surface area contributed by atoms with Crippen molar-refractivity contribution in [1.29, 1.82) is 0 Å². The van der Waals surface area contributed by atoms with E-state index in [1.165, 1.54) is 22.7 Å². The molecule has 1 unspecified atom stereocenters. The molecule has 0 aliphatic heterocycles. The summed E-state index contributed by atoms with van der Waals surface area (Å²) in [6, 6.07) is 2.86. The Labute approximate surface area is 147 Å². The van der Waals surface area contributed by atoms with Crippen molar-refractivity contribution in [2.75, 3.05) is 0 Å². The zero-order valence-corrected chi connectivity index (χ0v) is 14.9. The Morgan fingerprint density at radius 1 is 1.43 bits per heavy atom. The van der Waals surface area contributed by atoms with Crippen LogP contribution < -0.4 is 5.32 Å². The number of aliphatic carboxylic acids is 1. The molecule has 5 nitrogen and oxygen atoms in total. The molecule has 1 amide bonds. The fourth-order valence-electron chi connectivity index (χ4n) is 2.01. The highest BCUT2D eigenvalue weighted by Crippen LogP contribution is 2.32. The third-order valence-electron chi connectivity index (χ3n) is 3.16. The van der Waals surface area contributed by atoms with Crippen molar-refractivity contribution in [3.63, 3.8) is 0 Å². The third-order valence-corrected chi connectivity index (χ3v) is 5.45. The van der Waals surface area contributed by atoms with Crippen LogP contribution in [0.25, 0.3) is 9.88 Å². The van der Waals surface area contributed by atoms with Crippen molar-refractivity contribution in [3.8, 4) is 9.88 Å². The van der Waals surface area contributed by atoms with E-state index in [2.05, 4.69) is 10.3 Å². The number of nitrogens with zero attached hydrogens (tertiary/aromatic N) is 1. The number of carbonyl (C=O) groups excluding carboxylic acids is 1. The van der Waals surface area contributed by atoms with Crippen molar-refractivity contribution in [2.24, 2.45) is 0 Å². The van der Waals surface area contributed by atoms with E-state index in [4.69, 9.17) is 16.7 Å². The third kappa shape index (κ3) is 5.30. The molecule has 0 aliphatic carbocycles. The molecular weight excluding hydrogens is 356 g/mol. The average Bonchev–Trinajstić information content (AvgIpc) is 3.12. The number of carboxylic acids is 1. The number of thiophene rings is 1. The van der Waals surface area contributed by atoms with Crippen LogP contribution in [0.3, 0.4) is 0 Å². The van der Waals surface area contributed by atoms with Crippen LogP contribution in [0.5, 0.6) is 0 Å². The number of thiazole rings is 1. The van der Waals surface area contributed by atoms with Gasteiger partial charge in [-0.2, -0.15) is 0 Å². The molecule has 8 heteroatoms. The lowest BCUT2D eigenvalue weighted by molar-refractivity contribution is -0.142. The molecule has 0 radical (unpaired) electrons. The Hall–Kier alpha value is -1.44. The normalized spacial score (nSPS) is 12.1. The molecule has 0 aromatic carbocycles. The quantitative estimate of drug-likeness (QED) is 0.738. The van der Waals surface area contributed by atoms with Gasteiger partial charge in [0, 0.05) is 5.38 Å². The van der Waals surface area contributed by atoms with E-state index in [9.17, 15) is 9.59 Å². The number of unbranched alkanes of at least 4 members (excludes halogenated alkanes) is 1. The monoisotopic (exact) mass is 372 g/mol. The van der Waals surface area contributed by atoms with Gasteiger partial charge in [0.15, 0.2) is 0 Å². The van der Waals surface area contributed by atoms with Crippen LogP contribution in [0.15, 0.2) is 17.5 Å². The minimum atomic E-state index is -1.00. The Balaban J connectivity index is 1.95. The molecule has 0 saturated carbocycles. The van der Waals surface area contributed by atoms with Gasteiger partial charge >= 0.3 is 5.97 Å². The fraction of sp³-hybridized carbons (Fsp3) is 0.400. The maximum Gasteiger partial charge on any atom is 0.326 e. The molecule has 2 aromatic heterocycles. The van der Waals surface area contributed by atoms with Gasteiger partial charge in [0.1, 0.15) is 11.0 Å². The summed E-state index contributed by atoms with van der Waals surface area (Å²) in [5, 5.41) is 14.3. The minimum absolute atomic E-state index is 0.0749. The topological polar surface area (TPSA) is 79.3 Å². The van der Waals surface area contributed by atoms with Crippen LogP contribution in [0.1, 0.15) is 31.9 Å². The van der Waals surface area contributed by atoms with Crippen LogP contribution in [0.2, 0.25) is 4.34 Å². The highest BCUT2D eigenvalue weighted by atomic mass is 35.5. The predicted molar refractivity (Wildman–Crippen MR) is 93.2 cm³/mol. The van der Waals surface area contributed by atoms with Crippen molar-refractivity contribution in [2.45, 2.75) is 38.6 Å². The van der Waals surface area contributed by atoms with E-state index in [0.717, 1.165) is 22.7 Å². The summed E-state index contributed by atoms with van der Waals surface area (Å²) in [6.45, 7) is 1.98. The largest absolute Gasteiger partial charge is 0.480 e. The number of carboxylic acid groups (broad SMARTS) is 1. The predicted octanol–water partition coefficient (Wildman–Crippen LogP) is 3.83. The second kappa shape index (κ2) is 8.42. The lowest BCUT2D eigenvalue weighted by Crippen LogP contribution is -2.41. The summed E-state index contributed by atoms with van der Waals surface area (Å²) in [4.78, 5) is 28.5. The molecule has 23 heavy (non-hydrogen) atoms. The van der Waals surface area contributed by atoms with Gasteiger partial charge < -0.3 is 10.4 Å². The number of halogens is 1. The van der Waals surface area contributed by atoms with E-state index in [0.29, 0.717) is 16.5 Å². The number of nitrogens with one attached hydrogen (secondary N) is 1. The second-order valence-corrected chi connectivity index (χ2v) is 7.60. The number of aromatic nitrogens is 1. The van der Waals surface area contributed by atoms with Gasteiger partial charge in [-0.1, -0.05) is 31.4 Å². The molecule has 124 valence electrons. The van der Waals surface area contributed by atoms with E-state index in [1.54, 1.807) is 6.07 Å². The smallest absolute Gasteiger partial charge is 0.326 e. The number of hydrogen-bond acceptors (Lipinski definition) is 5. The Morgan fingerprint density at radius 3 is 2.83 bits per heavy atom. The van der Waals surface area contributed by atoms with Gasteiger partial charge in [-0.25, -0.2) is 9.78 Å². The number of hydrogen-bond donors (Lipinski definition) is 2. The van der Waals surface area contributed by atoms with Gasteiger partial charge in [-0.15, -0.1) is 22.7 Å². The van der Waals surface area contributed by atoms with E-state index < -0.39 is 12.0 Å². The first-order valence-corrected chi connectivity index (χ1v) is 9.29. The molecule has 2 heterocycles. The molecule has 1 atom stereocenters. The van der Waals surface area contributed by atoms with Crippen molar-refractivity contribution in [3.05, 3.63) is 27.5 Å². The van der Waals surface area contributed by atoms with E-state index in [1.807, 2.05) is 18.4 Å². The van der Waals surface area contributed by atoms with Crippen molar-refractivity contribution in [1.82, 2.24) is 10.3 Å². The molecule has 0 bridgehead atoms. The van der Waals surface area contributed by atoms with Crippen LogP contribution in [0, 0.1) is 0 Å².